The van der Waals surface area contributed by atoms with E-state index in [9.17, 15) is 17.6 Å². The molecule has 0 fully saturated rings. The summed E-state index contributed by atoms with van der Waals surface area (Å²) in [4.78, 5) is 3.56. The Morgan fingerprint density at radius 1 is 1.15 bits per heavy atom. The van der Waals surface area contributed by atoms with Gasteiger partial charge in [-0.1, -0.05) is 12.1 Å². The van der Waals surface area contributed by atoms with Gasteiger partial charge in [-0.15, -0.1) is 0 Å². The number of aromatic nitrogens is 1. The summed E-state index contributed by atoms with van der Waals surface area (Å²) < 4.78 is 51.6. The molecule has 2 nitrogen and oxygen atoms in total. The highest BCUT2D eigenvalue weighted by molar-refractivity contribution is 5.64. The molecule has 2 aromatic rings. The second-order valence-electron chi connectivity index (χ2n) is 4.05. The maximum Gasteiger partial charge on any atom is 0.416 e. The molecule has 0 saturated carbocycles. The molecule has 20 heavy (non-hydrogen) atoms. The van der Waals surface area contributed by atoms with Crippen LogP contribution in [0.4, 0.5) is 17.6 Å². The van der Waals surface area contributed by atoms with Gasteiger partial charge in [0.25, 0.3) is 0 Å². The number of nitrogens with zero attached hydrogens (tertiary/aromatic N) is 2. The van der Waals surface area contributed by atoms with Gasteiger partial charge in [0, 0.05) is 5.56 Å². The molecule has 6 heteroatoms. The van der Waals surface area contributed by atoms with Gasteiger partial charge < -0.3 is 0 Å². The first-order valence-corrected chi connectivity index (χ1v) is 5.62. The monoisotopic (exact) mass is 280 g/mol. The Kier molecular flexibility index (Phi) is 3.70. The van der Waals surface area contributed by atoms with Crippen LogP contribution in [0.2, 0.25) is 0 Å². The zero-order chi connectivity index (χ0) is 14.8. The highest BCUT2D eigenvalue weighted by Gasteiger charge is 2.30. The fourth-order valence-corrected chi connectivity index (χ4v) is 1.73. The molecule has 0 bridgehead atoms. The van der Waals surface area contributed by atoms with Crippen LogP contribution < -0.4 is 0 Å². The number of rotatable bonds is 2. The van der Waals surface area contributed by atoms with E-state index in [1.807, 2.05) is 6.07 Å². The summed E-state index contributed by atoms with van der Waals surface area (Å²) in [6, 6.07) is 8.93. The van der Waals surface area contributed by atoms with Crippen LogP contribution in [-0.2, 0) is 12.6 Å². The van der Waals surface area contributed by atoms with Gasteiger partial charge in [0.15, 0.2) is 0 Å². The van der Waals surface area contributed by atoms with Crippen LogP contribution in [0.5, 0.6) is 0 Å². The normalized spacial score (nSPS) is 11.2. The summed E-state index contributed by atoms with van der Waals surface area (Å²) >= 11 is 0. The minimum absolute atomic E-state index is 0.0298. The van der Waals surface area contributed by atoms with Crippen molar-refractivity contribution in [3.8, 4) is 17.2 Å². The predicted octanol–water partition coefficient (Wildman–Crippen LogP) is 3.97. The zero-order valence-electron chi connectivity index (χ0n) is 10.1. The van der Waals surface area contributed by atoms with E-state index in [1.165, 1.54) is 24.3 Å². The fraction of sp³-hybridized carbons (Fsp3) is 0.143. The van der Waals surface area contributed by atoms with Crippen LogP contribution in [0.15, 0.2) is 36.4 Å². The molecule has 0 amide bonds. The Hall–Kier alpha value is -2.42. The van der Waals surface area contributed by atoms with E-state index in [0.29, 0.717) is 0 Å². The van der Waals surface area contributed by atoms with E-state index in [0.717, 1.165) is 12.1 Å². The lowest BCUT2D eigenvalue weighted by atomic mass is 10.0. The van der Waals surface area contributed by atoms with Crippen molar-refractivity contribution < 1.29 is 17.6 Å². The van der Waals surface area contributed by atoms with Crippen molar-refractivity contribution >= 4 is 0 Å². The highest BCUT2D eigenvalue weighted by atomic mass is 19.4. The number of hydrogen-bond donors (Lipinski definition) is 0. The number of hydrogen-bond acceptors (Lipinski definition) is 2. The van der Waals surface area contributed by atoms with E-state index < -0.39 is 17.7 Å². The molecule has 0 N–H and O–H groups in total. The van der Waals surface area contributed by atoms with Crippen molar-refractivity contribution in [2.24, 2.45) is 0 Å². The molecule has 0 unspecified atom stereocenters. The largest absolute Gasteiger partial charge is 0.416 e. The summed E-state index contributed by atoms with van der Waals surface area (Å²) in [5.74, 6) is -0.892. The molecule has 0 atom stereocenters. The van der Waals surface area contributed by atoms with Crippen molar-refractivity contribution in [1.82, 2.24) is 4.98 Å². The molecule has 0 spiro atoms. The van der Waals surface area contributed by atoms with Crippen LogP contribution in [0.3, 0.4) is 0 Å². The number of halogens is 4. The van der Waals surface area contributed by atoms with Crippen molar-refractivity contribution in [2.45, 2.75) is 12.6 Å². The number of nitriles is 1. The van der Waals surface area contributed by atoms with Gasteiger partial charge >= 0.3 is 6.18 Å². The molecule has 1 heterocycles. The van der Waals surface area contributed by atoms with E-state index >= 15 is 0 Å². The van der Waals surface area contributed by atoms with Gasteiger partial charge in [-0.05, 0) is 29.8 Å². The number of alkyl halides is 3. The second kappa shape index (κ2) is 5.29. The average molecular weight is 280 g/mol. The summed E-state index contributed by atoms with van der Waals surface area (Å²) in [7, 11) is 0. The van der Waals surface area contributed by atoms with E-state index in [4.69, 9.17) is 5.26 Å². The molecule has 0 saturated heterocycles. The Balaban J connectivity index is 2.45. The number of benzene rings is 1. The first-order chi connectivity index (χ1) is 9.41. The first kappa shape index (κ1) is 14.0. The smallest absolute Gasteiger partial charge is 0.223 e. The van der Waals surface area contributed by atoms with E-state index in [1.54, 1.807) is 0 Å². The Morgan fingerprint density at radius 3 is 2.50 bits per heavy atom. The summed E-state index contributed by atoms with van der Waals surface area (Å²) in [5, 5.41) is 8.49. The van der Waals surface area contributed by atoms with E-state index in [2.05, 4.69) is 4.98 Å². The molecular weight excluding hydrogens is 272 g/mol. The molecule has 0 aliphatic heterocycles. The lowest BCUT2D eigenvalue weighted by Crippen LogP contribution is -2.04. The zero-order valence-corrected chi connectivity index (χ0v) is 10.1. The molecule has 0 radical (unpaired) electrons. The van der Waals surface area contributed by atoms with Gasteiger partial charge in [-0.25, -0.2) is 4.98 Å². The molecule has 102 valence electrons. The maximum absolute atomic E-state index is 13.8. The van der Waals surface area contributed by atoms with Crippen molar-refractivity contribution in [3.63, 3.8) is 0 Å². The quantitative estimate of drug-likeness (QED) is 0.616. The van der Waals surface area contributed by atoms with Crippen LogP contribution in [0.25, 0.3) is 11.1 Å². The molecule has 2 rings (SSSR count). The van der Waals surface area contributed by atoms with Crippen LogP contribution >= 0.6 is 0 Å². The van der Waals surface area contributed by atoms with Crippen molar-refractivity contribution in [3.05, 3.63) is 53.6 Å². The molecule has 0 aliphatic carbocycles. The average Bonchev–Trinajstić information content (AvgIpc) is 2.38. The minimum Gasteiger partial charge on any atom is -0.223 e. The van der Waals surface area contributed by atoms with Crippen molar-refractivity contribution in [1.29, 1.82) is 5.26 Å². The Bertz CT molecular complexity index is 672. The third-order valence-electron chi connectivity index (χ3n) is 2.67. The van der Waals surface area contributed by atoms with Crippen LogP contribution in [-0.4, -0.2) is 4.98 Å². The highest BCUT2D eigenvalue weighted by Crippen LogP contribution is 2.32. The van der Waals surface area contributed by atoms with Gasteiger partial charge in [0.1, 0.15) is 0 Å². The van der Waals surface area contributed by atoms with Gasteiger partial charge in [0.2, 0.25) is 5.95 Å². The van der Waals surface area contributed by atoms with Gasteiger partial charge in [-0.2, -0.15) is 22.8 Å². The maximum atomic E-state index is 13.8. The number of pyridine rings is 1. The van der Waals surface area contributed by atoms with Gasteiger partial charge in [0.05, 0.1) is 23.7 Å². The van der Waals surface area contributed by atoms with Crippen LogP contribution in [0, 0.1) is 17.3 Å². The summed E-state index contributed by atoms with van der Waals surface area (Å²) in [6.07, 6.45) is -4.54. The lowest BCUT2D eigenvalue weighted by molar-refractivity contribution is -0.137. The Morgan fingerprint density at radius 2 is 1.90 bits per heavy atom. The van der Waals surface area contributed by atoms with Crippen molar-refractivity contribution in [2.75, 3.05) is 0 Å². The third-order valence-corrected chi connectivity index (χ3v) is 2.67. The standard InChI is InChI=1S/C14H8F4N2/c15-13-12(5-4-11(20-13)6-7-19)9-2-1-3-10(8-9)14(16,17)18/h1-5,8H,6H2. The topological polar surface area (TPSA) is 36.7 Å². The molecule has 1 aromatic heterocycles. The Labute approximate surface area is 112 Å². The lowest BCUT2D eigenvalue weighted by Gasteiger charge is -2.09. The SMILES string of the molecule is N#CCc1ccc(-c2cccc(C(F)(F)F)c2)c(F)n1. The minimum atomic E-state index is -4.49. The summed E-state index contributed by atoms with van der Waals surface area (Å²) in [6.45, 7) is 0. The molecular formula is C14H8F4N2. The predicted molar refractivity (Wildman–Crippen MR) is 64.0 cm³/mol. The van der Waals surface area contributed by atoms with E-state index in [-0.39, 0.29) is 23.2 Å². The molecule has 1 aromatic carbocycles. The molecule has 0 aliphatic rings. The first-order valence-electron chi connectivity index (χ1n) is 5.62. The summed E-state index contributed by atoms with van der Waals surface area (Å²) in [5.41, 5.74) is -0.553. The second-order valence-corrected chi connectivity index (χ2v) is 4.05. The third kappa shape index (κ3) is 2.94. The van der Waals surface area contributed by atoms with Gasteiger partial charge in [-0.3, -0.25) is 0 Å². The fourth-order valence-electron chi connectivity index (χ4n) is 1.73. The van der Waals surface area contributed by atoms with Crippen LogP contribution in [0.1, 0.15) is 11.3 Å².